The van der Waals surface area contributed by atoms with Gasteiger partial charge in [-0.2, -0.15) is 0 Å². The molecule has 4 rings (SSSR count). The first-order valence-corrected chi connectivity index (χ1v) is 12.5. The Morgan fingerprint density at radius 1 is 1.10 bits per heavy atom. The van der Waals surface area contributed by atoms with E-state index in [-0.39, 0.29) is 5.41 Å². The average Bonchev–Trinajstić information content (AvgIpc) is 2.96. The number of unbranched alkanes of at least 4 members (excludes halogenated alkanes) is 5. The average molecular weight is 415 g/mol. The highest BCUT2D eigenvalue weighted by atomic mass is 16.5. The van der Waals surface area contributed by atoms with E-state index >= 15 is 0 Å². The molecule has 3 heteroatoms. The van der Waals surface area contributed by atoms with E-state index in [0.29, 0.717) is 17.8 Å². The Morgan fingerprint density at radius 3 is 2.63 bits per heavy atom. The van der Waals surface area contributed by atoms with Crippen LogP contribution in [0.1, 0.15) is 102 Å². The molecule has 30 heavy (non-hydrogen) atoms. The minimum absolute atomic E-state index is 0.137. The topological polar surface area (TPSA) is 49.7 Å². The molecule has 1 aromatic carbocycles. The lowest BCUT2D eigenvalue weighted by Gasteiger charge is -2.50. The zero-order chi connectivity index (χ0) is 21.4. The molecule has 168 valence electrons. The number of benzene rings is 1. The monoisotopic (exact) mass is 414 g/mol. The van der Waals surface area contributed by atoms with Crippen LogP contribution in [0, 0.1) is 17.3 Å². The SMILES string of the molecule is CCCCCCCCC1(O)CC2C3CCc4cc(OC)ccc4C3CCC2(C)C1O. The Balaban J connectivity index is 1.47. The van der Waals surface area contributed by atoms with E-state index in [9.17, 15) is 10.2 Å². The molecular formula is C27H42O3. The highest BCUT2D eigenvalue weighted by Gasteiger charge is 2.63. The van der Waals surface area contributed by atoms with Crippen LogP contribution in [0.4, 0.5) is 0 Å². The van der Waals surface area contributed by atoms with Crippen LogP contribution >= 0.6 is 0 Å². The molecule has 2 N–H and O–H groups in total. The van der Waals surface area contributed by atoms with Gasteiger partial charge in [0.15, 0.2) is 0 Å². The molecule has 6 unspecified atom stereocenters. The van der Waals surface area contributed by atoms with Crippen LogP contribution in [0.5, 0.6) is 5.75 Å². The summed E-state index contributed by atoms with van der Waals surface area (Å²) in [6.45, 7) is 4.51. The number of aliphatic hydroxyl groups excluding tert-OH is 1. The highest BCUT2D eigenvalue weighted by molar-refractivity contribution is 5.41. The molecule has 6 atom stereocenters. The second-order valence-corrected chi connectivity index (χ2v) is 10.8. The molecule has 3 aliphatic carbocycles. The minimum atomic E-state index is -0.890. The van der Waals surface area contributed by atoms with Crippen molar-refractivity contribution in [2.24, 2.45) is 17.3 Å². The zero-order valence-corrected chi connectivity index (χ0v) is 19.3. The summed E-state index contributed by atoms with van der Waals surface area (Å²) >= 11 is 0. The van der Waals surface area contributed by atoms with Gasteiger partial charge in [-0.25, -0.2) is 0 Å². The molecule has 0 spiro atoms. The predicted molar refractivity (Wildman–Crippen MR) is 122 cm³/mol. The molecule has 0 saturated heterocycles. The van der Waals surface area contributed by atoms with Gasteiger partial charge in [-0.3, -0.25) is 0 Å². The van der Waals surface area contributed by atoms with Crippen LogP contribution in [0.2, 0.25) is 0 Å². The van der Waals surface area contributed by atoms with Crippen molar-refractivity contribution >= 4 is 0 Å². The van der Waals surface area contributed by atoms with Gasteiger partial charge in [-0.05, 0) is 85.0 Å². The molecular weight excluding hydrogens is 372 g/mol. The van der Waals surface area contributed by atoms with Gasteiger partial charge < -0.3 is 14.9 Å². The van der Waals surface area contributed by atoms with Gasteiger partial charge in [0.1, 0.15) is 5.75 Å². The Hall–Kier alpha value is -1.06. The van der Waals surface area contributed by atoms with E-state index in [1.165, 1.54) is 49.7 Å². The maximum atomic E-state index is 11.5. The summed E-state index contributed by atoms with van der Waals surface area (Å²) in [5.41, 5.74) is 1.91. The lowest BCUT2D eigenvalue weighted by atomic mass is 9.55. The first-order valence-electron chi connectivity index (χ1n) is 12.5. The lowest BCUT2D eigenvalue weighted by molar-refractivity contribution is -0.104. The largest absolute Gasteiger partial charge is 0.497 e. The second-order valence-electron chi connectivity index (χ2n) is 10.8. The number of aliphatic hydroxyl groups is 2. The van der Waals surface area contributed by atoms with Gasteiger partial charge in [0.2, 0.25) is 0 Å². The molecule has 0 aromatic heterocycles. The predicted octanol–water partition coefficient (Wildman–Crippen LogP) is 6.00. The van der Waals surface area contributed by atoms with Crippen molar-refractivity contribution in [3.63, 3.8) is 0 Å². The van der Waals surface area contributed by atoms with E-state index in [4.69, 9.17) is 4.74 Å². The summed E-state index contributed by atoms with van der Waals surface area (Å²) in [6.07, 6.45) is 12.7. The number of ether oxygens (including phenoxy) is 1. The van der Waals surface area contributed by atoms with E-state index in [1.807, 2.05) is 0 Å². The summed E-state index contributed by atoms with van der Waals surface area (Å²) in [5, 5.41) is 22.9. The van der Waals surface area contributed by atoms with Gasteiger partial charge >= 0.3 is 0 Å². The van der Waals surface area contributed by atoms with Crippen molar-refractivity contribution in [1.82, 2.24) is 0 Å². The molecule has 0 aliphatic heterocycles. The molecule has 0 heterocycles. The first kappa shape index (κ1) is 22.1. The Kier molecular flexibility index (Phi) is 6.51. The van der Waals surface area contributed by atoms with Crippen molar-refractivity contribution in [2.75, 3.05) is 7.11 Å². The van der Waals surface area contributed by atoms with Crippen LogP contribution in [-0.4, -0.2) is 29.0 Å². The smallest absolute Gasteiger partial charge is 0.119 e. The zero-order valence-electron chi connectivity index (χ0n) is 19.3. The van der Waals surface area contributed by atoms with Crippen molar-refractivity contribution in [3.8, 4) is 5.75 Å². The number of hydrogen-bond donors (Lipinski definition) is 2. The van der Waals surface area contributed by atoms with Crippen LogP contribution in [0.25, 0.3) is 0 Å². The fraction of sp³-hybridized carbons (Fsp3) is 0.778. The van der Waals surface area contributed by atoms with E-state index in [0.717, 1.165) is 44.3 Å². The molecule has 3 aliphatic rings. The Bertz CT molecular complexity index is 731. The highest BCUT2D eigenvalue weighted by Crippen LogP contribution is 2.63. The van der Waals surface area contributed by atoms with Gasteiger partial charge in [0.05, 0.1) is 18.8 Å². The summed E-state index contributed by atoms with van der Waals surface area (Å²) in [7, 11) is 1.74. The van der Waals surface area contributed by atoms with Crippen molar-refractivity contribution in [2.45, 2.75) is 109 Å². The van der Waals surface area contributed by atoms with Crippen molar-refractivity contribution < 1.29 is 14.9 Å². The summed E-state index contributed by atoms with van der Waals surface area (Å²) in [5.74, 6) is 2.53. The molecule has 2 saturated carbocycles. The van der Waals surface area contributed by atoms with Gasteiger partial charge in [0.25, 0.3) is 0 Å². The molecule has 1 aromatic rings. The maximum Gasteiger partial charge on any atom is 0.119 e. The van der Waals surface area contributed by atoms with Crippen LogP contribution < -0.4 is 4.74 Å². The fourth-order valence-corrected chi connectivity index (χ4v) is 7.31. The normalized spacial score (nSPS) is 37.4. The Labute approximate surface area is 183 Å². The third-order valence-electron chi connectivity index (χ3n) is 9.04. The number of aryl methyl sites for hydroxylation is 1. The number of methoxy groups -OCH3 is 1. The quantitative estimate of drug-likeness (QED) is 0.513. The molecule has 2 fully saturated rings. The lowest BCUT2D eigenvalue weighted by Crippen LogP contribution is -2.47. The van der Waals surface area contributed by atoms with Crippen molar-refractivity contribution in [1.29, 1.82) is 0 Å². The summed E-state index contributed by atoms with van der Waals surface area (Å²) in [4.78, 5) is 0. The maximum absolute atomic E-state index is 11.5. The summed E-state index contributed by atoms with van der Waals surface area (Å²) < 4.78 is 5.45. The standard InChI is InChI=1S/C27H42O3/c1-4-5-6-7-8-9-15-27(29)18-24-23-12-10-19-17-20(30-3)11-13-21(19)22(23)14-16-26(24,2)25(27)28/h11,13,17,22-25,28-29H,4-10,12,14-16,18H2,1-3H3. The number of fused-ring (bicyclic) bond motifs is 5. The first-order chi connectivity index (χ1) is 14.4. The van der Waals surface area contributed by atoms with E-state index in [2.05, 4.69) is 32.0 Å². The van der Waals surface area contributed by atoms with Crippen LogP contribution in [-0.2, 0) is 6.42 Å². The minimum Gasteiger partial charge on any atom is -0.497 e. The van der Waals surface area contributed by atoms with Gasteiger partial charge in [-0.15, -0.1) is 0 Å². The number of rotatable bonds is 8. The Morgan fingerprint density at radius 2 is 1.87 bits per heavy atom. The third kappa shape index (κ3) is 3.81. The van der Waals surface area contributed by atoms with Crippen molar-refractivity contribution in [3.05, 3.63) is 29.3 Å². The second kappa shape index (κ2) is 8.82. The third-order valence-corrected chi connectivity index (χ3v) is 9.04. The van der Waals surface area contributed by atoms with Crippen LogP contribution in [0.3, 0.4) is 0 Å². The van der Waals surface area contributed by atoms with Gasteiger partial charge in [0, 0.05) is 0 Å². The molecule has 0 radical (unpaired) electrons. The molecule has 0 bridgehead atoms. The van der Waals surface area contributed by atoms with E-state index < -0.39 is 11.7 Å². The molecule has 3 nitrogen and oxygen atoms in total. The fourth-order valence-electron chi connectivity index (χ4n) is 7.31. The number of hydrogen-bond acceptors (Lipinski definition) is 3. The van der Waals surface area contributed by atoms with Crippen LogP contribution in [0.15, 0.2) is 18.2 Å². The van der Waals surface area contributed by atoms with E-state index in [1.54, 1.807) is 7.11 Å². The van der Waals surface area contributed by atoms with Gasteiger partial charge in [-0.1, -0.05) is 58.4 Å². The summed E-state index contributed by atoms with van der Waals surface area (Å²) in [6, 6.07) is 6.60. The molecule has 0 amide bonds.